The van der Waals surface area contributed by atoms with Crippen molar-refractivity contribution >= 4 is 24.8 Å². The van der Waals surface area contributed by atoms with Crippen LogP contribution in [0.1, 0.15) is 5.69 Å². The highest BCUT2D eigenvalue weighted by Gasteiger charge is 2.40. The first-order chi connectivity index (χ1) is 5.87. The average molecular weight is 232 g/mol. The van der Waals surface area contributed by atoms with E-state index in [1.807, 2.05) is 18.2 Å². The second-order valence-corrected chi connectivity index (χ2v) is 3.01. The van der Waals surface area contributed by atoms with Crippen LogP contribution in [0, 0.1) is 11.3 Å². The van der Waals surface area contributed by atoms with Gasteiger partial charge in [0.25, 0.3) is 0 Å². The molecule has 1 fully saturated rings. The molecule has 0 atom stereocenters. The van der Waals surface area contributed by atoms with Crippen LogP contribution in [-0.4, -0.2) is 18.1 Å². The summed E-state index contributed by atoms with van der Waals surface area (Å²) in [6.45, 7) is 1.45. The van der Waals surface area contributed by atoms with E-state index >= 15 is 0 Å². The van der Waals surface area contributed by atoms with Crippen LogP contribution in [0.2, 0.25) is 0 Å². The van der Waals surface area contributed by atoms with Crippen LogP contribution in [0.3, 0.4) is 0 Å². The van der Waals surface area contributed by atoms with Gasteiger partial charge in [0, 0.05) is 19.3 Å². The fourth-order valence-corrected chi connectivity index (χ4v) is 1.34. The smallest absolute Gasteiger partial charge is 0.124 e. The third-order valence-electron chi connectivity index (χ3n) is 2.22. The third kappa shape index (κ3) is 1.98. The van der Waals surface area contributed by atoms with Crippen molar-refractivity contribution in [1.82, 2.24) is 10.3 Å². The lowest BCUT2D eigenvalue weighted by Gasteiger charge is -2.35. The summed E-state index contributed by atoms with van der Waals surface area (Å²) in [7, 11) is 0. The SMILES string of the molecule is Cl.Cl.N#CC1(c2ccccn2)CNC1. The number of nitrogens with zero attached hydrogens (tertiary/aromatic N) is 2. The molecule has 2 rings (SSSR count). The zero-order valence-electron chi connectivity index (χ0n) is 7.43. The number of hydrogen-bond acceptors (Lipinski definition) is 3. The lowest BCUT2D eigenvalue weighted by molar-refractivity contribution is 0.348. The average Bonchev–Trinajstić information content (AvgIpc) is 2.05. The van der Waals surface area contributed by atoms with E-state index in [0.717, 1.165) is 18.8 Å². The van der Waals surface area contributed by atoms with E-state index < -0.39 is 0 Å². The fourth-order valence-electron chi connectivity index (χ4n) is 1.34. The second kappa shape index (κ2) is 5.16. The molecule has 3 nitrogen and oxygen atoms in total. The van der Waals surface area contributed by atoms with Crippen LogP contribution < -0.4 is 5.32 Å². The summed E-state index contributed by atoms with van der Waals surface area (Å²) in [5, 5.41) is 12.0. The van der Waals surface area contributed by atoms with Crippen LogP contribution in [0.5, 0.6) is 0 Å². The molecule has 0 aliphatic carbocycles. The van der Waals surface area contributed by atoms with Gasteiger partial charge in [-0.3, -0.25) is 4.98 Å². The van der Waals surface area contributed by atoms with E-state index in [9.17, 15) is 0 Å². The van der Waals surface area contributed by atoms with Gasteiger partial charge < -0.3 is 5.32 Å². The van der Waals surface area contributed by atoms with Gasteiger partial charge in [-0.1, -0.05) is 6.07 Å². The molecule has 0 bridgehead atoms. The van der Waals surface area contributed by atoms with Crippen LogP contribution in [0.15, 0.2) is 24.4 Å². The van der Waals surface area contributed by atoms with Gasteiger partial charge in [0.1, 0.15) is 5.41 Å². The van der Waals surface area contributed by atoms with E-state index in [2.05, 4.69) is 16.4 Å². The summed E-state index contributed by atoms with van der Waals surface area (Å²) >= 11 is 0. The standard InChI is InChI=1S/C9H9N3.2ClH/c10-5-9(6-11-7-9)8-3-1-2-4-12-8;;/h1-4,11H,6-7H2;2*1H. The van der Waals surface area contributed by atoms with Gasteiger partial charge >= 0.3 is 0 Å². The van der Waals surface area contributed by atoms with Crippen molar-refractivity contribution in [1.29, 1.82) is 5.26 Å². The lowest BCUT2D eigenvalue weighted by Crippen LogP contribution is -2.56. The van der Waals surface area contributed by atoms with Crippen LogP contribution in [0.4, 0.5) is 0 Å². The fraction of sp³-hybridized carbons (Fsp3) is 0.333. The number of nitrogens with one attached hydrogen (secondary N) is 1. The lowest BCUT2D eigenvalue weighted by atomic mass is 9.80. The Morgan fingerprint density at radius 3 is 2.43 bits per heavy atom. The summed E-state index contributed by atoms with van der Waals surface area (Å²) in [5.41, 5.74) is 0.521. The van der Waals surface area contributed by atoms with Gasteiger partial charge in [-0.2, -0.15) is 5.26 Å². The number of hydrogen-bond donors (Lipinski definition) is 1. The van der Waals surface area contributed by atoms with Crippen molar-refractivity contribution in [2.24, 2.45) is 0 Å². The molecule has 2 heterocycles. The van der Waals surface area contributed by atoms with Gasteiger partial charge in [0.15, 0.2) is 0 Å². The minimum atomic E-state index is -0.360. The normalized spacial score (nSPS) is 16.5. The van der Waals surface area contributed by atoms with Gasteiger partial charge in [0.2, 0.25) is 0 Å². The van der Waals surface area contributed by atoms with Crippen molar-refractivity contribution in [2.75, 3.05) is 13.1 Å². The van der Waals surface area contributed by atoms with E-state index in [1.165, 1.54) is 0 Å². The molecule has 0 spiro atoms. The maximum atomic E-state index is 8.96. The minimum Gasteiger partial charge on any atom is -0.313 e. The number of rotatable bonds is 1. The number of halogens is 2. The molecule has 14 heavy (non-hydrogen) atoms. The quantitative estimate of drug-likeness (QED) is 0.793. The molecule has 1 N–H and O–H groups in total. The number of pyridine rings is 1. The van der Waals surface area contributed by atoms with Crippen molar-refractivity contribution in [3.8, 4) is 6.07 Å². The molecule has 76 valence electrons. The first-order valence-electron chi connectivity index (χ1n) is 3.91. The Hall–Kier alpha value is -0.820. The Morgan fingerprint density at radius 2 is 2.07 bits per heavy atom. The zero-order chi connectivity index (χ0) is 8.44. The monoisotopic (exact) mass is 231 g/mol. The van der Waals surface area contributed by atoms with Crippen molar-refractivity contribution in [3.63, 3.8) is 0 Å². The highest BCUT2D eigenvalue weighted by molar-refractivity contribution is 5.85. The third-order valence-corrected chi connectivity index (χ3v) is 2.22. The van der Waals surface area contributed by atoms with Crippen molar-refractivity contribution in [3.05, 3.63) is 30.1 Å². The summed E-state index contributed by atoms with van der Waals surface area (Å²) in [4.78, 5) is 4.18. The van der Waals surface area contributed by atoms with E-state index in [0.29, 0.717) is 0 Å². The van der Waals surface area contributed by atoms with Crippen molar-refractivity contribution < 1.29 is 0 Å². The van der Waals surface area contributed by atoms with Gasteiger partial charge in [-0.15, -0.1) is 24.8 Å². The molecule has 0 amide bonds. The summed E-state index contributed by atoms with van der Waals surface area (Å²) < 4.78 is 0. The Morgan fingerprint density at radius 1 is 1.36 bits per heavy atom. The van der Waals surface area contributed by atoms with Gasteiger partial charge in [-0.05, 0) is 12.1 Å². The molecule has 0 radical (unpaired) electrons. The summed E-state index contributed by atoms with van der Waals surface area (Å²) in [6, 6.07) is 7.99. The maximum Gasteiger partial charge on any atom is 0.124 e. The molecule has 1 saturated heterocycles. The predicted molar refractivity (Wildman–Crippen MR) is 58.9 cm³/mol. The molecule has 1 aromatic heterocycles. The first kappa shape index (κ1) is 13.2. The topological polar surface area (TPSA) is 48.7 Å². The van der Waals surface area contributed by atoms with Gasteiger partial charge in [-0.25, -0.2) is 0 Å². The molecular formula is C9H11Cl2N3. The van der Waals surface area contributed by atoms with E-state index in [-0.39, 0.29) is 30.2 Å². The molecule has 1 aliphatic heterocycles. The summed E-state index contributed by atoms with van der Waals surface area (Å²) in [5.74, 6) is 0. The highest BCUT2D eigenvalue weighted by Crippen LogP contribution is 2.25. The van der Waals surface area contributed by atoms with E-state index in [4.69, 9.17) is 5.26 Å². The second-order valence-electron chi connectivity index (χ2n) is 3.01. The zero-order valence-corrected chi connectivity index (χ0v) is 9.07. The molecule has 0 unspecified atom stereocenters. The van der Waals surface area contributed by atoms with Crippen LogP contribution >= 0.6 is 24.8 Å². The molecule has 5 heteroatoms. The van der Waals surface area contributed by atoms with Crippen LogP contribution in [-0.2, 0) is 5.41 Å². The Bertz CT molecular complexity index is 317. The Labute approximate surface area is 95.4 Å². The molecular weight excluding hydrogens is 221 g/mol. The number of nitriles is 1. The van der Waals surface area contributed by atoms with Crippen LogP contribution in [0.25, 0.3) is 0 Å². The van der Waals surface area contributed by atoms with Crippen molar-refractivity contribution in [2.45, 2.75) is 5.41 Å². The van der Waals surface area contributed by atoms with Gasteiger partial charge in [0.05, 0.1) is 11.8 Å². The molecule has 1 aromatic rings. The Kier molecular flexibility index (Phi) is 4.86. The maximum absolute atomic E-state index is 8.96. The molecule has 0 aromatic carbocycles. The predicted octanol–water partition coefficient (Wildman–Crippen LogP) is 1.29. The largest absolute Gasteiger partial charge is 0.313 e. The Balaban J connectivity index is 0.000000845. The van der Waals surface area contributed by atoms with E-state index in [1.54, 1.807) is 6.20 Å². The molecule has 1 aliphatic rings. The molecule has 0 saturated carbocycles. The number of aromatic nitrogens is 1. The minimum absolute atomic E-state index is 0. The first-order valence-corrected chi connectivity index (χ1v) is 3.91. The highest BCUT2D eigenvalue weighted by atomic mass is 35.5. The summed E-state index contributed by atoms with van der Waals surface area (Å²) in [6.07, 6.45) is 1.73.